The van der Waals surface area contributed by atoms with Gasteiger partial charge < -0.3 is 9.64 Å². The molecule has 1 fully saturated rings. The molecule has 1 rings (SSSR count). The first-order valence-corrected chi connectivity index (χ1v) is 6.64. The maximum absolute atomic E-state index is 13.1. The quantitative estimate of drug-likeness (QED) is 0.562. The molecule has 0 aromatic heterocycles. The largest absolute Gasteiger partial charge is 0.463 e. The zero-order valence-electron chi connectivity index (χ0n) is 10.1. The molecule has 4 nitrogen and oxygen atoms in total. The second-order valence-corrected chi connectivity index (χ2v) is 4.74. The fourth-order valence-electron chi connectivity index (χ4n) is 1.71. The molecule has 0 radical (unpaired) electrons. The number of halogens is 6. The Bertz CT molecular complexity index is 388. The summed E-state index contributed by atoms with van der Waals surface area (Å²) < 4.78 is 67.6. The average molecular weight is 368 g/mol. The van der Waals surface area contributed by atoms with Gasteiger partial charge in [-0.2, -0.15) is 22.0 Å². The van der Waals surface area contributed by atoms with E-state index in [-0.39, 0.29) is 25.0 Å². The second-order valence-electron chi connectivity index (χ2n) is 4.18. The van der Waals surface area contributed by atoms with Gasteiger partial charge in [0.25, 0.3) is 0 Å². The number of ether oxygens (including phenoxy) is 1. The number of morpholine rings is 1. The molecule has 0 spiro atoms. The van der Waals surface area contributed by atoms with Crippen LogP contribution in [0.4, 0.5) is 22.0 Å². The highest BCUT2D eigenvalue weighted by Crippen LogP contribution is 2.37. The van der Waals surface area contributed by atoms with Crippen molar-refractivity contribution in [3.8, 4) is 0 Å². The van der Waals surface area contributed by atoms with E-state index in [1.807, 2.05) is 0 Å². The van der Waals surface area contributed by atoms with Gasteiger partial charge >= 0.3 is 18.0 Å². The van der Waals surface area contributed by atoms with Gasteiger partial charge in [-0.3, -0.25) is 9.59 Å². The molecule has 20 heavy (non-hydrogen) atoms. The number of carbonyl (C=O) groups is 2. The Morgan fingerprint density at radius 2 is 1.85 bits per heavy atom. The number of nitrogens with zero attached hydrogens (tertiary/aromatic N) is 1. The highest BCUT2D eigenvalue weighted by Gasteiger charge is 2.65. The van der Waals surface area contributed by atoms with Gasteiger partial charge in [0.15, 0.2) is 0 Å². The normalized spacial score (nSPS) is 20.9. The van der Waals surface area contributed by atoms with Crippen molar-refractivity contribution >= 4 is 27.6 Å². The van der Waals surface area contributed by atoms with Gasteiger partial charge in [-0.1, -0.05) is 15.9 Å². The first-order chi connectivity index (χ1) is 9.11. The summed E-state index contributed by atoms with van der Waals surface area (Å²) in [5.41, 5.74) is 0. The molecule has 0 saturated carbocycles. The summed E-state index contributed by atoms with van der Waals surface area (Å²) in [6, 6.07) is -1.12. The second kappa shape index (κ2) is 6.33. The van der Waals surface area contributed by atoms with Crippen molar-refractivity contribution in [1.82, 2.24) is 4.90 Å². The number of ketones is 1. The number of amides is 1. The predicted octanol–water partition coefficient (Wildman–Crippen LogP) is 1.77. The highest BCUT2D eigenvalue weighted by molar-refractivity contribution is 9.09. The monoisotopic (exact) mass is 367 g/mol. The van der Waals surface area contributed by atoms with Crippen LogP contribution in [0.1, 0.15) is 6.42 Å². The summed E-state index contributed by atoms with van der Waals surface area (Å²) >= 11 is 2.85. The van der Waals surface area contributed by atoms with Gasteiger partial charge in [0.05, 0.1) is 24.6 Å². The Hall–Kier alpha value is -0.770. The average Bonchev–Trinajstić information content (AvgIpc) is 2.37. The molecule has 0 N–H and O–H groups in total. The fraction of sp³-hybridized carbons (Fsp3) is 0.800. The van der Waals surface area contributed by atoms with E-state index in [1.165, 1.54) is 0 Å². The van der Waals surface area contributed by atoms with Crippen LogP contribution in [-0.4, -0.2) is 59.8 Å². The Balaban J connectivity index is 2.90. The minimum absolute atomic E-state index is 0.0821. The summed E-state index contributed by atoms with van der Waals surface area (Å²) in [6.45, 7) is -0.818. The zero-order chi connectivity index (χ0) is 15.6. The van der Waals surface area contributed by atoms with E-state index in [0.29, 0.717) is 4.90 Å². The van der Waals surface area contributed by atoms with Crippen molar-refractivity contribution in [2.45, 2.75) is 24.6 Å². The number of Topliss-reactive ketones (excluding diaryl/α,β-unsaturated/α-hetero) is 1. The van der Waals surface area contributed by atoms with E-state index >= 15 is 0 Å². The van der Waals surface area contributed by atoms with Crippen LogP contribution >= 0.6 is 15.9 Å². The molecule has 1 saturated heterocycles. The van der Waals surface area contributed by atoms with Crippen LogP contribution in [0.15, 0.2) is 0 Å². The summed E-state index contributed by atoms with van der Waals surface area (Å²) in [5, 5.41) is -0.0821. The molecule has 0 bridgehead atoms. The lowest BCUT2D eigenvalue weighted by Crippen LogP contribution is -2.58. The van der Waals surface area contributed by atoms with Gasteiger partial charge in [0, 0.05) is 13.0 Å². The Kier molecular flexibility index (Phi) is 5.47. The molecule has 1 atom stereocenters. The van der Waals surface area contributed by atoms with Crippen molar-refractivity contribution in [3.63, 3.8) is 0 Å². The van der Waals surface area contributed by atoms with Gasteiger partial charge in [-0.05, 0) is 0 Å². The van der Waals surface area contributed by atoms with Crippen LogP contribution in [-0.2, 0) is 14.3 Å². The van der Waals surface area contributed by atoms with Crippen LogP contribution < -0.4 is 0 Å². The van der Waals surface area contributed by atoms with E-state index < -0.39 is 36.4 Å². The van der Waals surface area contributed by atoms with E-state index in [2.05, 4.69) is 15.9 Å². The van der Waals surface area contributed by atoms with Crippen LogP contribution in [0, 0.1) is 0 Å². The van der Waals surface area contributed by atoms with E-state index in [4.69, 9.17) is 4.74 Å². The number of hydrogen-bond acceptors (Lipinski definition) is 3. The van der Waals surface area contributed by atoms with E-state index in [9.17, 15) is 31.5 Å². The van der Waals surface area contributed by atoms with Gasteiger partial charge in [-0.25, -0.2) is 0 Å². The fourth-order valence-corrected chi connectivity index (χ4v) is 1.94. The van der Waals surface area contributed by atoms with Gasteiger partial charge in [-0.15, -0.1) is 0 Å². The number of carbonyl (C=O) groups excluding carboxylic acids is 2. The van der Waals surface area contributed by atoms with Gasteiger partial charge in [0.2, 0.25) is 0 Å². The third kappa shape index (κ3) is 3.66. The number of rotatable bonds is 4. The molecule has 1 aliphatic rings. The van der Waals surface area contributed by atoms with Gasteiger partial charge in [0.1, 0.15) is 5.78 Å². The summed E-state index contributed by atoms with van der Waals surface area (Å²) in [7, 11) is 0. The van der Waals surface area contributed by atoms with Crippen molar-refractivity contribution in [3.05, 3.63) is 0 Å². The van der Waals surface area contributed by atoms with Crippen LogP contribution in [0.25, 0.3) is 0 Å². The molecule has 1 unspecified atom stereocenters. The van der Waals surface area contributed by atoms with E-state index in [1.54, 1.807) is 0 Å². The molecule has 1 amide bonds. The van der Waals surface area contributed by atoms with Crippen molar-refractivity contribution in [2.75, 3.05) is 25.1 Å². The SMILES string of the molecule is O=C(CBr)CC1COCCN1C(=O)C(F)(F)C(F)(F)F. The number of alkyl halides is 6. The first kappa shape index (κ1) is 17.3. The summed E-state index contributed by atoms with van der Waals surface area (Å²) in [5.74, 6) is -8.24. The molecular weight excluding hydrogens is 357 g/mol. The third-order valence-corrected chi connectivity index (χ3v) is 3.35. The van der Waals surface area contributed by atoms with E-state index in [0.717, 1.165) is 0 Å². The Morgan fingerprint density at radius 1 is 1.25 bits per heavy atom. The molecule has 0 aromatic carbocycles. The standard InChI is InChI=1S/C10H11BrF5NO3/c11-4-7(18)3-6-5-20-2-1-17(6)8(19)9(12,13)10(14,15)16/h6H,1-5H2. The third-order valence-electron chi connectivity index (χ3n) is 2.73. The Labute approximate surface area is 119 Å². The lowest BCUT2D eigenvalue weighted by atomic mass is 10.1. The maximum Gasteiger partial charge on any atom is 0.463 e. The summed E-state index contributed by atoms with van der Waals surface area (Å²) in [4.78, 5) is 23.0. The van der Waals surface area contributed by atoms with Crippen LogP contribution in [0.5, 0.6) is 0 Å². The van der Waals surface area contributed by atoms with Crippen molar-refractivity contribution in [1.29, 1.82) is 0 Å². The molecule has 0 aromatic rings. The maximum atomic E-state index is 13.1. The number of hydrogen-bond donors (Lipinski definition) is 0. The van der Waals surface area contributed by atoms with Crippen LogP contribution in [0.3, 0.4) is 0 Å². The minimum atomic E-state index is -5.97. The van der Waals surface area contributed by atoms with Crippen molar-refractivity contribution in [2.24, 2.45) is 0 Å². The smallest absolute Gasteiger partial charge is 0.377 e. The molecule has 0 aliphatic carbocycles. The molecule has 10 heteroatoms. The van der Waals surface area contributed by atoms with Crippen LogP contribution in [0.2, 0.25) is 0 Å². The minimum Gasteiger partial charge on any atom is -0.377 e. The zero-order valence-corrected chi connectivity index (χ0v) is 11.6. The molecule has 1 heterocycles. The first-order valence-electron chi connectivity index (χ1n) is 5.52. The predicted molar refractivity (Wildman–Crippen MR) is 60.7 cm³/mol. The Morgan fingerprint density at radius 3 is 2.35 bits per heavy atom. The molecule has 1 aliphatic heterocycles. The lowest BCUT2D eigenvalue weighted by Gasteiger charge is -2.37. The van der Waals surface area contributed by atoms with Crippen molar-refractivity contribution < 1.29 is 36.3 Å². The summed E-state index contributed by atoms with van der Waals surface area (Å²) in [6.07, 6.45) is -6.31. The lowest BCUT2D eigenvalue weighted by molar-refractivity contribution is -0.276. The molecule has 116 valence electrons. The topological polar surface area (TPSA) is 46.6 Å². The highest BCUT2D eigenvalue weighted by atomic mass is 79.9. The molecular formula is C10H11BrF5NO3.